The summed E-state index contributed by atoms with van der Waals surface area (Å²) in [7, 11) is -2.13. The molecule has 0 saturated carbocycles. The monoisotopic (exact) mass is 541 g/mol. The van der Waals surface area contributed by atoms with E-state index in [0.717, 1.165) is 0 Å². The lowest BCUT2D eigenvalue weighted by molar-refractivity contribution is 0.0692. The molecule has 0 bridgehead atoms. The van der Waals surface area contributed by atoms with E-state index in [1.807, 2.05) is 6.07 Å². The molecule has 0 atom stereocenters. The van der Waals surface area contributed by atoms with Crippen molar-refractivity contribution in [3.63, 3.8) is 0 Å². The molecule has 0 unspecified atom stereocenters. The van der Waals surface area contributed by atoms with Crippen LogP contribution >= 0.6 is 0 Å². The first-order valence-electron chi connectivity index (χ1n) is 11.9. The molecular formula is C27H28FN3O6S. The summed E-state index contributed by atoms with van der Waals surface area (Å²) < 4.78 is 52.7. The molecule has 0 radical (unpaired) electrons. The van der Waals surface area contributed by atoms with Gasteiger partial charge in [-0.3, -0.25) is 9.59 Å². The van der Waals surface area contributed by atoms with Gasteiger partial charge in [0.15, 0.2) is 11.5 Å². The maximum absolute atomic E-state index is 14.7. The van der Waals surface area contributed by atoms with Crippen LogP contribution in [0.4, 0.5) is 4.39 Å². The normalized spacial score (nSPS) is 14.2. The second kappa shape index (κ2) is 11.6. The predicted octanol–water partition coefficient (Wildman–Crippen LogP) is 2.80. The SMILES string of the molecule is COc1cccc(C(N)=O)c1OCc1ccc(F)c(C(=O)N2CCN(S(=O)(=O)Cc3ccccc3)CC2)c1. The Balaban J connectivity index is 1.43. The highest BCUT2D eigenvalue weighted by atomic mass is 32.2. The van der Waals surface area contributed by atoms with Gasteiger partial charge in [0.2, 0.25) is 10.0 Å². The van der Waals surface area contributed by atoms with Crippen LogP contribution in [0, 0.1) is 5.82 Å². The largest absolute Gasteiger partial charge is 0.493 e. The summed E-state index contributed by atoms with van der Waals surface area (Å²) in [5, 5.41) is 0. The van der Waals surface area contributed by atoms with Gasteiger partial charge in [-0.05, 0) is 35.4 Å². The van der Waals surface area contributed by atoms with E-state index >= 15 is 0 Å². The molecule has 2 amide bonds. The maximum atomic E-state index is 14.7. The number of methoxy groups -OCH3 is 1. The lowest BCUT2D eigenvalue weighted by Crippen LogP contribution is -2.50. The van der Waals surface area contributed by atoms with E-state index in [0.29, 0.717) is 16.9 Å². The van der Waals surface area contributed by atoms with Crippen LogP contribution in [0.1, 0.15) is 31.8 Å². The Morgan fingerprint density at radius 2 is 1.63 bits per heavy atom. The van der Waals surface area contributed by atoms with Crippen LogP contribution in [0.3, 0.4) is 0 Å². The molecule has 0 spiro atoms. The fraction of sp³-hybridized carbons (Fsp3) is 0.259. The predicted molar refractivity (Wildman–Crippen MR) is 139 cm³/mol. The van der Waals surface area contributed by atoms with Gasteiger partial charge in [0, 0.05) is 26.2 Å². The highest BCUT2D eigenvalue weighted by molar-refractivity contribution is 7.88. The number of piperazine rings is 1. The summed E-state index contributed by atoms with van der Waals surface area (Å²) >= 11 is 0. The first kappa shape index (κ1) is 27.1. The highest BCUT2D eigenvalue weighted by Crippen LogP contribution is 2.31. The fourth-order valence-corrected chi connectivity index (χ4v) is 5.73. The minimum atomic E-state index is -3.55. The van der Waals surface area contributed by atoms with E-state index in [-0.39, 0.29) is 55.4 Å². The summed E-state index contributed by atoms with van der Waals surface area (Å²) in [5.41, 5.74) is 6.58. The van der Waals surface area contributed by atoms with Crippen molar-refractivity contribution in [3.8, 4) is 11.5 Å². The average Bonchev–Trinajstić information content (AvgIpc) is 2.92. The van der Waals surface area contributed by atoms with Gasteiger partial charge in [-0.15, -0.1) is 0 Å². The number of hydrogen-bond donors (Lipinski definition) is 1. The van der Waals surface area contributed by atoms with Gasteiger partial charge in [-0.1, -0.05) is 42.5 Å². The third-order valence-electron chi connectivity index (χ3n) is 6.22. The molecule has 200 valence electrons. The molecule has 1 fully saturated rings. The van der Waals surface area contributed by atoms with Crippen LogP contribution in [0.2, 0.25) is 0 Å². The third-order valence-corrected chi connectivity index (χ3v) is 8.07. The number of rotatable bonds is 9. The van der Waals surface area contributed by atoms with Crippen LogP contribution in [0.25, 0.3) is 0 Å². The zero-order valence-corrected chi connectivity index (χ0v) is 21.6. The topological polar surface area (TPSA) is 119 Å². The molecule has 1 saturated heterocycles. The number of carbonyl (C=O) groups excluding carboxylic acids is 2. The van der Waals surface area contributed by atoms with E-state index in [1.54, 1.807) is 36.4 Å². The Labute approximate surface area is 220 Å². The van der Waals surface area contributed by atoms with Gasteiger partial charge < -0.3 is 20.1 Å². The molecule has 0 aromatic heterocycles. The van der Waals surface area contributed by atoms with Crippen molar-refractivity contribution in [3.05, 3.63) is 94.8 Å². The second-order valence-corrected chi connectivity index (χ2v) is 10.7. The first-order valence-corrected chi connectivity index (χ1v) is 13.5. The Hall–Kier alpha value is -3.96. The van der Waals surface area contributed by atoms with Crippen molar-refractivity contribution < 1.29 is 31.9 Å². The lowest BCUT2D eigenvalue weighted by atomic mass is 10.1. The van der Waals surface area contributed by atoms with Crippen LogP contribution in [-0.4, -0.2) is 62.7 Å². The zero-order chi connectivity index (χ0) is 27.3. The molecule has 9 nitrogen and oxygen atoms in total. The Kier molecular flexibility index (Phi) is 8.28. The van der Waals surface area contributed by atoms with E-state index in [4.69, 9.17) is 15.2 Å². The minimum absolute atomic E-state index is 0.0767. The van der Waals surface area contributed by atoms with Crippen molar-refractivity contribution in [2.24, 2.45) is 5.73 Å². The van der Waals surface area contributed by atoms with Gasteiger partial charge in [0.05, 0.1) is 24.0 Å². The number of benzene rings is 3. The van der Waals surface area contributed by atoms with Crippen LogP contribution in [-0.2, 0) is 22.4 Å². The van der Waals surface area contributed by atoms with Gasteiger partial charge >= 0.3 is 0 Å². The number of carbonyl (C=O) groups is 2. The molecular weight excluding hydrogens is 513 g/mol. The smallest absolute Gasteiger partial charge is 0.256 e. The first-order chi connectivity index (χ1) is 18.2. The molecule has 38 heavy (non-hydrogen) atoms. The van der Waals surface area contributed by atoms with Crippen LogP contribution < -0.4 is 15.2 Å². The Morgan fingerprint density at radius 1 is 0.921 bits per heavy atom. The quantitative estimate of drug-likeness (QED) is 0.445. The molecule has 11 heteroatoms. The van der Waals surface area contributed by atoms with E-state index < -0.39 is 27.7 Å². The summed E-state index contributed by atoms with van der Waals surface area (Å²) in [6.07, 6.45) is 0. The molecule has 2 N–H and O–H groups in total. The Morgan fingerprint density at radius 3 is 2.29 bits per heavy atom. The number of nitrogens with zero attached hydrogens (tertiary/aromatic N) is 2. The maximum Gasteiger partial charge on any atom is 0.256 e. The summed E-state index contributed by atoms with van der Waals surface area (Å²) in [6, 6.07) is 17.6. The minimum Gasteiger partial charge on any atom is -0.493 e. The second-order valence-electron chi connectivity index (χ2n) is 8.74. The number of amides is 2. The zero-order valence-electron chi connectivity index (χ0n) is 20.8. The van der Waals surface area contributed by atoms with Gasteiger partial charge in [-0.2, -0.15) is 4.31 Å². The number of ether oxygens (including phenoxy) is 2. The molecule has 3 aromatic rings. The number of sulfonamides is 1. The number of halogens is 1. The average molecular weight is 542 g/mol. The molecule has 0 aliphatic carbocycles. The third kappa shape index (κ3) is 6.12. The van der Waals surface area contributed by atoms with Crippen molar-refractivity contribution in [1.29, 1.82) is 0 Å². The van der Waals surface area contributed by atoms with E-state index in [9.17, 15) is 22.4 Å². The van der Waals surface area contributed by atoms with Crippen LogP contribution in [0.15, 0.2) is 66.7 Å². The molecule has 4 rings (SSSR count). The highest BCUT2D eigenvalue weighted by Gasteiger charge is 2.30. The van der Waals surface area contributed by atoms with Crippen molar-refractivity contribution in [1.82, 2.24) is 9.21 Å². The lowest BCUT2D eigenvalue weighted by Gasteiger charge is -2.34. The number of nitrogens with two attached hydrogens (primary N) is 1. The molecule has 1 aliphatic rings. The summed E-state index contributed by atoms with van der Waals surface area (Å²) in [4.78, 5) is 26.4. The van der Waals surface area contributed by atoms with Crippen LogP contribution in [0.5, 0.6) is 11.5 Å². The standard InChI is InChI=1S/C27H28FN3O6S/c1-36-24-9-5-8-21(26(29)32)25(24)37-17-20-10-11-23(28)22(16-20)27(33)30-12-14-31(15-13-30)38(34,35)18-19-6-3-2-4-7-19/h2-11,16H,12-15,17-18H2,1H3,(H2,29,32). The van der Waals surface area contributed by atoms with E-state index in [2.05, 4.69) is 0 Å². The van der Waals surface area contributed by atoms with Gasteiger partial charge in [0.25, 0.3) is 11.8 Å². The van der Waals surface area contributed by atoms with Gasteiger partial charge in [0.1, 0.15) is 12.4 Å². The van der Waals surface area contributed by atoms with Crippen molar-refractivity contribution in [2.45, 2.75) is 12.4 Å². The number of hydrogen-bond acceptors (Lipinski definition) is 6. The molecule has 1 heterocycles. The van der Waals surface area contributed by atoms with E-state index in [1.165, 1.54) is 40.6 Å². The molecule has 3 aromatic carbocycles. The van der Waals surface area contributed by atoms with Crippen molar-refractivity contribution in [2.75, 3.05) is 33.3 Å². The summed E-state index contributed by atoms with van der Waals surface area (Å²) in [5.74, 6) is -1.61. The molecule has 1 aliphatic heterocycles. The number of primary amides is 1. The van der Waals surface area contributed by atoms with Crippen molar-refractivity contribution >= 4 is 21.8 Å². The Bertz CT molecular complexity index is 1420. The summed E-state index contributed by atoms with van der Waals surface area (Å²) in [6.45, 7) is 0.434. The number of para-hydroxylation sites is 1. The van der Waals surface area contributed by atoms with Gasteiger partial charge in [-0.25, -0.2) is 12.8 Å². The fourth-order valence-electron chi connectivity index (χ4n) is 4.22.